The van der Waals surface area contributed by atoms with E-state index in [0.717, 1.165) is 29.6 Å². The Morgan fingerprint density at radius 2 is 2.08 bits per heavy atom. The van der Waals surface area contributed by atoms with E-state index in [1.807, 2.05) is 37.3 Å². The second kappa shape index (κ2) is 7.89. The van der Waals surface area contributed by atoms with Crippen molar-refractivity contribution in [2.75, 3.05) is 33.4 Å². The zero-order chi connectivity index (χ0) is 17.7. The summed E-state index contributed by atoms with van der Waals surface area (Å²) in [4.78, 5) is 4.30. The molecule has 0 spiro atoms. The largest absolute Gasteiger partial charge is 0.459 e. The molecular formula is C19H27N3O3. The van der Waals surface area contributed by atoms with Crippen molar-refractivity contribution in [3.8, 4) is 0 Å². The molecule has 1 aromatic heterocycles. The Kier molecular flexibility index (Phi) is 5.60. The number of nitrogens with one attached hydrogen (secondary N) is 2. The first-order valence-corrected chi connectivity index (χ1v) is 8.80. The fourth-order valence-electron chi connectivity index (χ4n) is 3.15. The molecule has 1 aliphatic heterocycles. The summed E-state index contributed by atoms with van der Waals surface area (Å²) in [5.41, 5.74) is 0.744. The normalized spacial score (nSPS) is 18.9. The minimum Gasteiger partial charge on any atom is -0.459 e. The third-order valence-corrected chi connectivity index (χ3v) is 4.97. The first kappa shape index (κ1) is 17.8. The lowest BCUT2D eigenvalue weighted by Crippen LogP contribution is -2.47. The monoisotopic (exact) mass is 345 g/mol. The highest BCUT2D eigenvalue weighted by Crippen LogP contribution is 2.29. The summed E-state index contributed by atoms with van der Waals surface area (Å²) in [6.45, 7) is 4.26. The van der Waals surface area contributed by atoms with Crippen molar-refractivity contribution in [1.29, 1.82) is 0 Å². The zero-order valence-corrected chi connectivity index (χ0v) is 14.9. The van der Waals surface area contributed by atoms with Gasteiger partial charge in [-0.15, -0.1) is 0 Å². The lowest BCUT2D eigenvalue weighted by atomic mass is 9.81. The molecule has 6 heteroatoms. The van der Waals surface area contributed by atoms with Crippen LogP contribution in [0.3, 0.4) is 0 Å². The molecule has 136 valence electrons. The maximum atomic E-state index is 9.80. The summed E-state index contributed by atoms with van der Waals surface area (Å²) in [6, 6.07) is 10.0. The number of benzene rings is 1. The van der Waals surface area contributed by atoms with Gasteiger partial charge in [-0.2, -0.15) is 0 Å². The lowest BCUT2D eigenvalue weighted by molar-refractivity contribution is -0.0132. The third-order valence-electron chi connectivity index (χ3n) is 4.97. The summed E-state index contributed by atoms with van der Waals surface area (Å²) < 4.78 is 11.3. The standard InChI is InChI=1S/C19H27N3O3/c1-14(17-11-15-5-3-4-6-16(15)25-17)22-18(20-2)21-12-19(13-23)7-9-24-10-8-19/h3-6,11,14,23H,7-10,12-13H2,1-2H3,(H2,20,21,22). The molecule has 3 N–H and O–H groups in total. The lowest BCUT2D eigenvalue weighted by Gasteiger charge is -2.36. The number of aliphatic hydroxyl groups is 1. The number of aliphatic imine (C=N–C) groups is 1. The van der Waals surface area contributed by atoms with Crippen LogP contribution in [0.5, 0.6) is 0 Å². The highest BCUT2D eigenvalue weighted by Gasteiger charge is 2.32. The van der Waals surface area contributed by atoms with E-state index in [-0.39, 0.29) is 18.1 Å². The summed E-state index contributed by atoms with van der Waals surface area (Å²) in [5.74, 6) is 1.57. The molecule has 1 aliphatic rings. The molecule has 0 radical (unpaired) electrons. The Balaban J connectivity index is 1.61. The van der Waals surface area contributed by atoms with Crippen molar-refractivity contribution in [1.82, 2.24) is 10.6 Å². The number of hydrogen-bond donors (Lipinski definition) is 3. The topological polar surface area (TPSA) is 79.0 Å². The summed E-state index contributed by atoms with van der Waals surface area (Å²) in [5, 5.41) is 17.6. The number of aliphatic hydroxyl groups excluding tert-OH is 1. The number of fused-ring (bicyclic) bond motifs is 1. The average molecular weight is 345 g/mol. The number of furan rings is 1. The second-order valence-electron chi connectivity index (χ2n) is 6.75. The van der Waals surface area contributed by atoms with Gasteiger partial charge in [0.05, 0.1) is 12.6 Å². The van der Waals surface area contributed by atoms with Crippen molar-refractivity contribution in [3.05, 3.63) is 36.1 Å². The SMILES string of the molecule is CN=C(NCC1(CO)CCOCC1)NC(C)c1cc2ccccc2o1. The summed E-state index contributed by atoms with van der Waals surface area (Å²) in [6.07, 6.45) is 1.71. The molecule has 6 nitrogen and oxygen atoms in total. The molecule has 0 amide bonds. The number of nitrogens with zero attached hydrogens (tertiary/aromatic N) is 1. The van der Waals surface area contributed by atoms with E-state index < -0.39 is 0 Å². The van der Waals surface area contributed by atoms with E-state index in [0.29, 0.717) is 25.7 Å². The van der Waals surface area contributed by atoms with Crippen LogP contribution in [-0.4, -0.2) is 44.5 Å². The van der Waals surface area contributed by atoms with E-state index in [4.69, 9.17) is 9.15 Å². The number of ether oxygens (including phenoxy) is 1. The van der Waals surface area contributed by atoms with Crippen LogP contribution in [0.25, 0.3) is 11.0 Å². The molecule has 3 rings (SSSR count). The zero-order valence-electron chi connectivity index (χ0n) is 14.9. The molecule has 0 bridgehead atoms. The summed E-state index contributed by atoms with van der Waals surface area (Å²) in [7, 11) is 1.75. The maximum absolute atomic E-state index is 9.80. The highest BCUT2D eigenvalue weighted by atomic mass is 16.5. The minimum atomic E-state index is -0.140. The second-order valence-corrected chi connectivity index (χ2v) is 6.75. The minimum absolute atomic E-state index is 0.0154. The Hall–Kier alpha value is -2.05. The van der Waals surface area contributed by atoms with Crippen LogP contribution in [0.15, 0.2) is 39.7 Å². The van der Waals surface area contributed by atoms with Crippen molar-refractivity contribution in [3.63, 3.8) is 0 Å². The van der Waals surface area contributed by atoms with E-state index >= 15 is 0 Å². The van der Waals surface area contributed by atoms with Gasteiger partial charge in [0.1, 0.15) is 11.3 Å². The van der Waals surface area contributed by atoms with Crippen molar-refractivity contribution >= 4 is 16.9 Å². The molecule has 25 heavy (non-hydrogen) atoms. The van der Waals surface area contributed by atoms with Gasteiger partial charge in [0, 0.05) is 37.6 Å². The fourth-order valence-corrected chi connectivity index (χ4v) is 3.15. The van der Waals surface area contributed by atoms with Gasteiger partial charge in [0.25, 0.3) is 0 Å². The highest BCUT2D eigenvalue weighted by molar-refractivity contribution is 5.81. The molecule has 1 unspecified atom stereocenters. The van der Waals surface area contributed by atoms with E-state index in [1.54, 1.807) is 7.05 Å². The van der Waals surface area contributed by atoms with Gasteiger partial charge in [-0.3, -0.25) is 4.99 Å². The van der Waals surface area contributed by atoms with E-state index in [2.05, 4.69) is 15.6 Å². The van der Waals surface area contributed by atoms with Crippen molar-refractivity contribution < 1.29 is 14.3 Å². The van der Waals surface area contributed by atoms with Crippen molar-refractivity contribution in [2.24, 2.45) is 10.4 Å². The molecule has 0 saturated carbocycles. The number of rotatable bonds is 5. The fraction of sp³-hybridized carbons (Fsp3) is 0.526. The Bertz CT molecular complexity index is 687. The molecule has 1 fully saturated rings. The molecular weight excluding hydrogens is 318 g/mol. The van der Waals surface area contributed by atoms with E-state index in [1.165, 1.54) is 0 Å². The smallest absolute Gasteiger partial charge is 0.191 e. The molecule has 0 aliphatic carbocycles. The maximum Gasteiger partial charge on any atom is 0.191 e. The van der Waals surface area contributed by atoms with Gasteiger partial charge in [-0.1, -0.05) is 18.2 Å². The van der Waals surface area contributed by atoms with Gasteiger partial charge in [0.2, 0.25) is 0 Å². The quantitative estimate of drug-likeness (QED) is 0.573. The first-order valence-electron chi connectivity index (χ1n) is 8.80. The van der Waals surface area contributed by atoms with Crippen LogP contribution in [-0.2, 0) is 4.74 Å². The van der Waals surface area contributed by atoms with Gasteiger partial charge in [0.15, 0.2) is 5.96 Å². The molecule has 1 aromatic carbocycles. The van der Waals surface area contributed by atoms with Crippen molar-refractivity contribution in [2.45, 2.75) is 25.8 Å². The van der Waals surface area contributed by atoms with Gasteiger partial charge >= 0.3 is 0 Å². The number of para-hydroxylation sites is 1. The molecule has 1 saturated heterocycles. The van der Waals surface area contributed by atoms with Gasteiger partial charge in [-0.25, -0.2) is 0 Å². The molecule has 2 aromatic rings. The van der Waals surface area contributed by atoms with Crippen LogP contribution < -0.4 is 10.6 Å². The predicted molar refractivity (Wildman–Crippen MR) is 98.7 cm³/mol. The van der Waals surface area contributed by atoms with Crippen LogP contribution in [0.1, 0.15) is 31.6 Å². The third kappa shape index (κ3) is 4.14. The van der Waals surface area contributed by atoms with E-state index in [9.17, 15) is 5.11 Å². The van der Waals surface area contributed by atoms with Crippen LogP contribution >= 0.6 is 0 Å². The van der Waals surface area contributed by atoms with Crippen LogP contribution in [0, 0.1) is 5.41 Å². The number of guanidine groups is 1. The Morgan fingerprint density at radius 1 is 1.32 bits per heavy atom. The van der Waals surface area contributed by atoms with Gasteiger partial charge < -0.3 is 24.9 Å². The predicted octanol–water partition coefficient (Wildman–Crippen LogP) is 2.45. The van der Waals surface area contributed by atoms with Crippen LogP contribution in [0.4, 0.5) is 0 Å². The average Bonchev–Trinajstić information content (AvgIpc) is 3.10. The molecule has 1 atom stereocenters. The Morgan fingerprint density at radius 3 is 2.76 bits per heavy atom. The van der Waals surface area contributed by atoms with Gasteiger partial charge in [-0.05, 0) is 31.9 Å². The first-order chi connectivity index (χ1) is 12.2. The summed E-state index contributed by atoms with van der Waals surface area (Å²) >= 11 is 0. The molecule has 2 heterocycles. The van der Waals surface area contributed by atoms with Crippen LogP contribution in [0.2, 0.25) is 0 Å². The Labute approximate surface area is 148 Å². The number of hydrogen-bond acceptors (Lipinski definition) is 4.